The van der Waals surface area contributed by atoms with Gasteiger partial charge in [-0.3, -0.25) is 0 Å². The number of hydrogen-bond donors (Lipinski definition) is 0. The van der Waals surface area contributed by atoms with Crippen molar-refractivity contribution in [1.82, 2.24) is 0 Å². The van der Waals surface area contributed by atoms with Crippen molar-refractivity contribution in [3.63, 3.8) is 0 Å². The first kappa shape index (κ1) is 24.2. The maximum atomic E-state index is 6.64. The Morgan fingerprint density at radius 2 is 1.12 bits per heavy atom. The summed E-state index contributed by atoms with van der Waals surface area (Å²) in [5.41, 5.74) is 0. The Kier molecular flexibility index (Phi) is 7.68. The van der Waals surface area contributed by atoms with E-state index in [9.17, 15) is 0 Å². The predicted octanol–water partition coefficient (Wildman–Crippen LogP) is 4.91. The standard InChI is InChI=1S/C17H37O4Si5/c1-22(2,3)18-24(6,7)20-26(10,11)21-25(8,9)19-23(4,5)17-15-13-12-14-16-17/h12-13,15-16H,1-11H3. The van der Waals surface area contributed by atoms with E-state index in [0.29, 0.717) is 0 Å². The summed E-state index contributed by atoms with van der Waals surface area (Å²) in [4.78, 5) is 0. The van der Waals surface area contributed by atoms with Crippen LogP contribution in [0.3, 0.4) is 0 Å². The van der Waals surface area contributed by atoms with Crippen LogP contribution in [0.15, 0.2) is 24.3 Å². The lowest BCUT2D eigenvalue weighted by molar-refractivity contribution is 0.300. The van der Waals surface area contributed by atoms with E-state index in [-0.39, 0.29) is 0 Å². The highest BCUT2D eigenvalue weighted by molar-refractivity contribution is 6.93. The Hall–Kier alpha value is 0.144. The van der Waals surface area contributed by atoms with Crippen LogP contribution in [0.5, 0.6) is 0 Å². The molecule has 0 heterocycles. The Bertz CT molecular complexity index is 583. The molecule has 4 nitrogen and oxygen atoms in total. The van der Waals surface area contributed by atoms with Crippen molar-refractivity contribution in [2.24, 2.45) is 0 Å². The molecule has 149 valence electrons. The van der Waals surface area contributed by atoms with E-state index in [1.54, 1.807) is 0 Å². The molecular formula is C17H37O4Si5. The van der Waals surface area contributed by atoms with Crippen molar-refractivity contribution < 1.29 is 16.5 Å². The molecule has 1 aromatic carbocycles. The van der Waals surface area contributed by atoms with Crippen molar-refractivity contribution in [1.29, 1.82) is 0 Å². The molecule has 0 aliphatic heterocycles. The van der Waals surface area contributed by atoms with Crippen LogP contribution in [0.2, 0.25) is 72.0 Å². The molecule has 26 heavy (non-hydrogen) atoms. The molecule has 1 radical (unpaired) electrons. The van der Waals surface area contributed by atoms with Gasteiger partial charge in [0.15, 0.2) is 8.32 Å². The zero-order chi connectivity index (χ0) is 20.4. The lowest BCUT2D eigenvalue weighted by atomic mass is 10.4. The minimum absolute atomic E-state index is 1.24. The summed E-state index contributed by atoms with van der Waals surface area (Å²) in [5, 5.41) is 1.24. The van der Waals surface area contributed by atoms with E-state index in [2.05, 4.69) is 84.1 Å². The molecule has 0 unspecified atom stereocenters. The average molecular weight is 446 g/mol. The number of benzene rings is 1. The van der Waals surface area contributed by atoms with Crippen molar-refractivity contribution in [3.8, 4) is 0 Å². The third-order valence-corrected chi connectivity index (χ3v) is 21.4. The quantitative estimate of drug-likeness (QED) is 0.506. The number of rotatable bonds is 9. The topological polar surface area (TPSA) is 36.9 Å². The van der Waals surface area contributed by atoms with Gasteiger partial charge in [0.05, 0.1) is 0 Å². The van der Waals surface area contributed by atoms with Gasteiger partial charge in [-0.1, -0.05) is 24.3 Å². The molecule has 0 N–H and O–H groups in total. The van der Waals surface area contributed by atoms with Crippen molar-refractivity contribution in [2.75, 3.05) is 0 Å². The van der Waals surface area contributed by atoms with Gasteiger partial charge in [0.25, 0.3) is 0 Å². The van der Waals surface area contributed by atoms with Crippen LogP contribution in [0.4, 0.5) is 0 Å². The summed E-state index contributed by atoms with van der Waals surface area (Å²) < 4.78 is 26.0. The smallest absolute Gasteiger partial charge is 0.314 e. The molecular weight excluding hydrogens is 409 g/mol. The SMILES string of the molecule is C[Si](C)(C)O[Si](C)(C)O[Si](C)(C)O[Si](C)(C)O[Si](C)(C)c1c[c]ccc1. The molecule has 0 spiro atoms. The van der Waals surface area contributed by atoms with Crippen LogP contribution in [0.1, 0.15) is 0 Å². The summed E-state index contributed by atoms with van der Waals surface area (Å²) >= 11 is 0. The van der Waals surface area contributed by atoms with Gasteiger partial charge in [-0.2, -0.15) is 0 Å². The van der Waals surface area contributed by atoms with E-state index >= 15 is 0 Å². The first-order chi connectivity index (χ1) is 11.4. The Morgan fingerprint density at radius 3 is 1.54 bits per heavy atom. The fourth-order valence-corrected chi connectivity index (χ4v) is 26.7. The van der Waals surface area contributed by atoms with Crippen LogP contribution in [-0.2, 0) is 16.5 Å². The van der Waals surface area contributed by atoms with E-state index < -0.39 is 42.3 Å². The van der Waals surface area contributed by atoms with E-state index in [4.69, 9.17) is 16.5 Å². The molecule has 0 amide bonds. The van der Waals surface area contributed by atoms with E-state index in [0.717, 1.165) is 0 Å². The summed E-state index contributed by atoms with van der Waals surface area (Å²) in [6, 6.07) is 11.3. The highest BCUT2D eigenvalue weighted by atomic mass is 28.5. The Labute approximate surface area is 166 Å². The van der Waals surface area contributed by atoms with Gasteiger partial charge in [-0.05, 0) is 83.3 Å². The largest absolute Gasteiger partial charge is 0.437 e. The van der Waals surface area contributed by atoms with E-state index in [1.165, 1.54) is 5.19 Å². The second-order valence-corrected chi connectivity index (χ2v) is 29.0. The minimum Gasteiger partial charge on any atom is -0.437 e. The van der Waals surface area contributed by atoms with Crippen LogP contribution >= 0.6 is 0 Å². The van der Waals surface area contributed by atoms with Gasteiger partial charge >= 0.3 is 25.7 Å². The molecule has 9 heteroatoms. The van der Waals surface area contributed by atoms with Crippen LogP contribution in [-0.4, -0.2) is 42.3 Å². The second kappa shape index (κ2) is 8.25. The third kappa shape index (κ3) is 8.89. The molecule has 1 aromatic rings. The fourth-order valence-electron chi connectivity index (χ4n) is 3.42. The molecule has 0 aliphatic carbocycles. The first-order valence-corrected chi connectivity index (χ1v) is 24.0. The lowest BCUT2D eigenvalue weighted by Crippen LogP contribution is -2.60. The number of hydrogen-bond acceptors (Lipinski definition) is 4. The molecule has 0 saturated heterocycles. The molecule has 0 saturated carbocycles. The minimum atomic E-state index is -2.36. The highest BCUT2D eigenvalue weighted by Crippen LogP contribution is 2.25. The molecule has 0 atom stereocenters. The maximum Gasteiger partial charge on any atom is 0.314 e. The molecule has 0 fully saturated rings. The predicted molar refractivity (Wildman–Crippen MR) is 123 cm³/mol. The van der Waals surface area contributed by atoms with Gasteiger partial charge in [0.1, 0.15) is 0 Å². The summed E-state index contributed by atoms with van der Waals surface area (Å²) in [5.74, 6) is 0. The Balaban J connectivity index is 2.83. The fraction of sp³-hybridized carbons (Fsp3) is 0.647. The van der Waals surface area contributed by atoms with Gasteiger partial charge in [-0.25, -0.2) is 0 Å². The van der Waals surface area contributed by atoms with Gasteiger partial charge < -0.3 is 16.5 Å². The molecule has 1 rings (SSSR count). The lowest BCUT2D eigenvalue weighted by Gasteiger charge is -2.42. The highest BCUT2D eigenvalue weighted by Gasteiger charge is 2.45. The monoisotopic (exact) mass is 445 g/mol. The Morgan fingerprint density at radius 1 is 0.654 bits per heavy atom. The van der Waals surface area contributed by atoms with Crippen molar-refractivity contribution in [3.05, 3.63) is 30.3 Å². The van der Waals surface area contributed by atoms with E-state index in [1.807, 2.05) is 18.2 Å². The van der Waals surface area contributed by atoms with Crippen LogP contribution in [0.25, 0.3) is 0 Å². The third-order valence-electron chi connectivity index (χ3n) is 3.44. The zero-order valence-corrected chi connectivity index (χ0v) is 23.4. The average Bonchev–Trinajstić information content (AvgIpc) is 2.31. The summed E-state index contributed by atoms with van der Waals surface area (Å²) in [7, 11) is -10.6. The van der Waals surface area contributed by atoms with Crippen LogP contribution < -0.4 is 5.19 Å². The first-order valence-electron chi connectivity index (χ1n) is 9.20. The van der Waals surface area contributed by atoms with Crippen LogP contribution in [0, 0.1) is 6.07 Å². The maximum absolute atomic E-state index is 6.64. The van der Waals surface area contributed by atoms with Gasteiger partial charge in [0.2, 0.25) is 8.32 Å². The molecule has 0 aliphatic rings. The van der Waals surface area contributed by atoms with Crippen molar-refractivity contribution >= 4 is 47.5 Å². The summed E-state index contributed by atoms with van der Waals surface area (Å²) in [6.45, 7) is 23.8. The van der Waals surface area contributed by atoms with Gasteiger partial charge in [-0.15, -0.1) is 0 Å². The second-order valence-electron chi connectivity index (χ2n) is 9.52. The van der Waals surface area contributed by atoms with Gasteiger partial charge in [0, 0.05) is 0 Å². The molecule has 0 aromatic heterocycles. The zero-order valence-electron chi connectivity index (χ0n) is 18.4. The van der Waals surface area contributed by atoms with Crippen molar-refractivity contribution in [2.45, 2.75) is 72.0 Å². The molecule has 0 bridgehead atoms. The summed E-state index contributed by atoms with van der Waals surface area (Å²) in [6.07, 6.45) is 0. The normalized spacial score (nSPS) is 14.6.